The van der Waals surface area contributed by atoms with Crippen LogP contribution in [0.2, 0.25) is 0 Å². The van der Waals surface area contributed by atoms with Crippen LogP contribution >= 0.6 is 0 Å². The zero-order valence-electron chi connectivity index (χ0n) is 12.9. The Hall–Kier alpha value is -2.62. The molecule has 0 spiro atoms. The fourth-order valence-corrected chi connectivity index (χ4v) is 1.99. The number of nitrogens with one attached hydrogen (secondary N) is 1. The highest BCUT2D eigenvalue weighted by Crippen LogP contribution is 2.18. The van der Waals surface area contributed by atoms with Crippen LogP contribution < -0.4 is 10.1 Å². The number of ketones is 1. The zero-order valence-corrected chi connectivity index (χ0v) is 12.9. The number of carbonyl (C=O) groups excluding carboxylic acids is 2. The number of rotatable bonds is 5. The standard InChI is InChI=1S/C18H19NO3/c1-12-7-4-5-10-17(12)22-14(3)18(21)19-16-9-6-8-15(11-16)13(2)20/h4-11,14H,1-3H3,(H,19,21). The lowest BCUT2D eigenvalue weighted by molar-refractivity contribution is -0.122. The molecule has 1 amide bonds. The zero-order chi connectivity index (χ0) is 16.1. The molecule has 2 rings (SSSR count). The number of carbonyl (C=O) groups is 2. The van der Waals surface area contributed by atoms with Gasteiger partial charge in [0.2, 0.25) is 0 Å². The van der Waals surface area contributed by atoms with Gasteiger partial charge in [-0.25, -0.2) is 0 Å². The minimum absolute atomic E-state index is 0.0414. The van der Waals surface area contributed by atoms with Crippen LogP contribution in [0.3, 0.4) is 0 Å². The predicted molar refractivity (Wildman–Crippen MR) is 86.3 cm³/mol. The van der Waals surface area contributed by atoms with Gasteiger partial charge in [-0.1, -0.05) is 30.3 Å². The van der Waals surface area contributed by atoms with E-state index in [4.69, 9.17) is 4.74 Å². The van der Waals surface area contributed by atoms with Crippen molar-refractivity contribution in [3.63, 3.8) is 0 Å². The average molecular weight is 297 g/mol. The van der Waals surface area contributed by atoms with Crippen LogP contribution in [0.4, 0.5) is 5.69 Å². The number of amides is 1. The molecule has 2 aromatic rings. The molecule has 1 unspecified atom stereocenters. The molecule has 0 radical (unpaired) electrons. The fraction of sp³-hybridized carbons (Fsp3) is 0.222. The van der Waals surface area contributed by atoms with Gasteiger partial charge in [0.15, 0.2) is 11.9 Å². The van der Waals surface area contributed by atoms with Gasteiger partial charge in [0, 0.05) is 11.3 Å². The number of benzene rings is 2. The SMILES string of the molecule is CC(=O)c1cccc(NC(=O)C(C)Oc2ccccc2C)c1. The molecule has 0 heterocycles. The third-order valence-electron chi connectivity index (χ3n) is 3.30. The van der Waals surface area contributed by atoms with E-state index in [0.717, 1.165) is 5.56 Å². The molecule has 2 aromatic carbocycles. The second kappa shape index (κ2) is 6.89. The highest BCUT2D eigenvalue weighted by molar-refractivity contribution is 5.98. The Morgan fingerprint density at radius 3 is 2.50 bits per heavy atom. The van der Waals surface area contributed by atoms with E-state index in [0.29, 0.717) is 17.0 Å². The molecule has 1 atom stereocenters. The maximum atomic E-state index is 12.2. The average Bonchev–Trinajstić information content (AvgIpc) is 2.49. The molecule has 22 heavy (non-hydrogen) atoms. The van der Waals surface area contributed by atoms with Gasteiger partial charge in [-0.15, -0.1) is 0 Å². The first kappa shape index (κ1) is 15.8. The molecular formula is C18H19NO3. The first-order valence-corrected chi connectivity index (χ1v) is 7.11. The monoisotopic (exact) mass is 297 g/mol. The summed E-state index contributed by atoms with van der Waals surface area (Å²) in [5.41, 5.74) is 2.11. The van der Waals surface area contributed by atoms with Crippen molar-refractivity contribution in [2.45, 2.75) is 26.9 Å². The van der Waals surface area contributed by atoms with Gasteiger partial charge in [-0.2, -0.15) is 0 Å². The molecule has 0 saturated carbocycles. The number of hydrogen-bond acceptors (Lipinski definition) is 3. The molecule has 114 valence electrons. The summed E-state index contributed by atoms with van der Waals surface area (Å²) in [6, 6.07) is 14.4. The van der Waals surface area contributed by atoms with Gasteiger partial charge in [-0.05, 0) is 44.5 Å². The van der Waals surface area contributed by atoms with Gasteiger partial charge in [0.25, 0.3) is 5.91 Å². The first-order valence-electron chi connectivity index (χ1n) is 7.11. The Morgan fingerprint density at radius 2 is 1.82 bits per heavy atom. The van der Waals surface area contributed by atoms with Crippen molar-refractivity contribution >= 4 is 17.4 Å². The molecule has 4 nitrogen and oxygen atoms in total. The van der Waals surface area contributed by atoms with Gasteiger partial charge in [0.1, 0.15) is 5.75 Å². The van der Waals surface area contributed by atoms with Gasteiger partial charge >= 0.3 is 0 Å². The Bertz CT molecular complexity index is 694. The molecule has 0 aliphatic carbocycles. The van der Waals surface area contributed by atoms with Crippen LogP contribution in [0.5, 0.6) is 5.75 Å². The van der Waals surface area contributed by atoms with Gasteiger partial charge in [-0.3, -0.25) is 9.59 Å². The van der Waals surface area contributed by atoms with Gasteiger partial charge < -0.3 is 10.1 Å². The topological polar surface area (TPSA) is 55.4 Å². The highest BCUT2D eigenvalue weighted by Gasteiger charge is 2.16. The smallest absolute Gasteiger partial charge is 0.265 e. The molecule has 0 bridgehead atoms. The molecule has 1 N–H and O–H groups in total. The van der Waals surface area contributed by atoms with Crippen LogP contribution in [0.25, 0.3) is 0 Å². The molecule has 0 saturated heterocycles. The molecule has 4 heteroatoms. The Balaban J connectivity index is 2.04. The van der Waals surface area contributed by atoms with E-state index in [1.165, 1.54) is 6.92 Å². The van der Waals surface area contributed by atoms with E-state index >= 15 is 0 Å². The number of aryl methyl sites for hydroxylation is 1. The quantitative estimate of drug-likeness (QED) is 0.858. The van der Waals surface area contributed by atoms with Crippen molar-refractivity contribution in [2.24, 2.45) is 0 Å². The Labute approximate surface area is 130 Å². The Kier molecular flexibility index (Phi) is 4.94. The molecule has 0 aromatic heterocycles. The number of anilines is 1. The van der Waals surface area contributed by atoms with Crippen molar-refractivity contribution in [3.05, 3.63) is 59.7 Å². The number of Topliss-reactive ketones (excluding diaryl/α,β-unsaturated/α-hetero) is 1. The molecule has 0 aliphatic rings. The summed E-state index contributed by atoms with van der Waals surface area (Å²) in [5, 5.41) is 2.76. The summed E-state index contributed by atoms with van der Waals surface area (Å²) in [7, 11) is 0. The van der Waals surface area contributed by atoms with Crippen LogP contribution in [0.15, 0.2) is 48.5 Å². The lowest BCUT2D eigenvalue weighted by atomic mass is 10.1. The van der Waals surface area contributed by atoms with Crippen molar-refractivity contribution in [3.8, 4) is 5.75 Å². The summed E-state index contributed by atoms with van der Waals surface area (Å²) in [6.07, 6.45) is -0.637. The van der Waals surface area contributed by atoms with Gasteiger partial charge in [0.05, 0.1) is 0 Å². The van der Waals surface area contributed by atoms with E-state index < -0.39 is 6.10 Å². The maximum absolute atomic E-state index is 12.2. The maximum Gasteiger partial charge on any atom is 0.265 e. The van der Waals surface area contributed by atoms with Crippen LogP contribution in [0, 0.1) is 6.92 Å². The van der Waals surface area contributed by atoms with E-state index in [1.807, 2.05) is 31.2 Å². The minimum atomic E-state index is -0.637. The second-order valence-corrected chi connectivity index (χ2v) is 5.15. The van der Waals surface area contributed by atoms with Crippen molar-refractivity contribution in [1.29, 1.82) is 0 Å². The molecular weight excluding hydrogens is 278 g/mol. The number of hydrogen-bond donors (Lipinski definition) is 1. The van der Waals surface area contributed by atoms with E-state index in [-0.39, 0.29) is 11.7 Å². The molecule has 0 fully saturated rings. The summed E-state index contributed by atoms with van der Waals surface area (Å²) in [5.74, 6) is 0.381. The first-order chi connectivity index (χ1) is 10.5. The number of ether oxygens (including phenoxy) is 1. The van der Waals surface area contributed by atoms with Crippen molar-refractivity contribution in [2.75, 3.05) is 5.32 Å². The lowest BCUT2D eigenvalue weighted by Crippen LogP contribution is -2.30. The number of para-hydroxylation sites is 1. The Morgan fingerprint density at radius 1 is 1.09 bits per heavy atom. The third kappa shape index (κ3) is 3.95. The highest BCUT2D eigenvalue weighted by atomic mass is 16.5. The second-order valence-electron chi connectivity index (χ2n) is 5.15. The summed E-state index contributed by atoms with van der Waals surface area (Å²) < 4.78 is 5.68. The van der Waals surface area contributed by atoms with Crippen LogP contribution in [-0.2, 0) is 4.79 Å². The normalized spacial score (nSPS) is 11.6. The van der Waals surface area contributed by atoms with E-state index in [1.54, 1.807) is 31.2 Å². The van der Waals surface area contributed by atoms with E-state index in [9.17, 15) is 9.59 Å². The molecule has 0 aliphatic heterocycles. The summed E-state index contributed by atoms with van der Waals surface area (Å²) in [4.78, 5) is 23.5. The minimum Gasteiger partial charge on any atom is -0.481 e. The lowest BCUT2D eigenvalue weighted by Gasteiger charge is -2.16. The van der Waals surface area contributed by atoms with E-state index in [2.05, 4.69) is 5.32 Å². The summed E-state index contributed by atoms with van der Waals surface area (Å²) in [6.45, 7) is 5.11. The van der Waals surface area contributed by atoms with Crippen molar-refractivity contribution in [1.82, 2.24) is 0 Å². The fourth-order valence-electron chi connectivity index (χ4n) is 1.99. The third-order valence-corrected chi connectivity index (χ3v) is 3.30. The largest absolute Gasteiger partial charge is 0.481 e. The van der Waals surface area contributed by atoms with Crippen LogP contribution in [0.1, 0.15) is 29.8 Å². The predicted octanol–water partition coefficient (Wildman–Crippen LogP) is 3.60. The summed E-state index contributed by atoms with van der Waals surface area (Å²) >= 11 is 0. The van der Waals surface area contributed by atoms with Crippen LogP contribution in [-0.4, -0.2) is 17.8 Å². The van der Waals surface area contributed by atoms with Crippen molar-refractivity contribution < 1.29 is 14.3 Å².